The molecular formula is C7H6Br2FNO2S. The second-order valence-corrected chi connectivity index (χ2v) is 7.13. The Kier molecular flexibility index (Phi) is 3.68. The Hall–Kier alpha value is 0.0200. The normalized spacial score (nSPS) is 12.1. The van der Waals surface area contributed by atoms with Crippen molar-refractivity contribution in [2.75, 3.05) is 0 Å². The molecular weight excluding hydrogens is 341 g/mol. The molecule has 0 aromatic heterocycles. The first-order valence-electron chi connectivity index (χ1n) is 3.43. The summed E-state index contributed by atoms with van der Waals surface area (Å²) in [6.07, 6.45) is 0. The highest BCUT2D eigenvalue weighted by atomic mass is 79.9. The smallest absolute Gasteiger partial charge is 0.225 e. The number of rotatable bonds is 2. The maximum atomic E-state index is 13.2. The van der Waals surface area contributed by atoms with Crippen LogP contribution < -0.4 is 5.14 Å². The quantitative estimate of drug-likeness (QED) is 0.835. The molecule has 0 unspecified atom stereocenters. The van der Waals surface area contributed by atoms with E-state index in [9.17, 15) is 12.8 Å². The van der Waals surface area contributed by atoms with Crippen molar-refractivity contribution in [3.8, 4) is 0 Å². The summed E-state index contributed by atoms with van der Waals surface area (Å²) in [5.41, 5.74) is 0.579. The van der Waals surface area contributed by atoms with Gasteiger partial charge in [0.2, 0.25) is 10.0 Å². The van der Waals surface area contributed by atoms with Crippen molar-refractivity contribution in [1.82, 2.24) is 0 Å². The largest absolute Gasteiger partial charge is 0.240 e. The molecule has 0 aliphatic carbocycles. The molecule has 0 atom stereocenters. The van der Waals surface area contributed by atoms with Gasteiger partial charge in [0, 0.05) is 0 Å². The highest BCUT2D eigenvalue weighted by Crippen LogP contribution is 2.30. The molecule has 14 heavy (non-hydrogen) atoms. The Bertz CT molecular complexity index is 447. The lowest BCUT2D eigenvalue weighted by molar-refractivity contribution is 0.567. The van der Waals surface area contributed by atoms with E-state index in [0.717, 1.165) is 12.1 Å². The fourth-order valence-corrected chi connectivity index (χ4v) is 2.04. The topological polar surface area (TPSA) is 60.2 Å². The van der Waals surface area contributed by atoms with Crippen LogP contribution in [0.15, 0.2) is 23.1 Å². The minimum absolute atomic E-state index is 0.223. The lowest BCUT2D eigenvalue weighted by Gasteiger charge is -2.04. The van der Waals surface area contributed by atoms with Gasteiger partial charge in [0.05, 0.1) is 3.74 Å². The van der Waals surface area contributed by atoms with E-state index in [1.807, 2.05) is 0 Å². The van der Waals surface area contributed by atoms with Crippen LogP contribution >= 0.6 is 31.9 Å². The molecule has 7 heteroatoms. The zero-order chi connectivity index (χ0) is 10.9. The summed E-state index contributed by atoms with van der Waals surface area (Å²) in [5, 5.41) is 4.79. The first-order chi connectivity index (χ1) is 6.32. The van der Waals surface area contributed by atoms with Crippen LogP contribution in [0.1, 0.15) is 9.30 Å². The number of nitrogens with two attached hydrogens (primary N) is 1. The van der Waals surface area contributed by atoms with Gasteiger partial charge in [-0.05, 0) is 17.7 Å². The van der Waals surface area contributed by atoms with Crippen molar-refractivity contribution in [2.24, 2.45) is 5.14 Å². The minimum atomic E-state index is -3.98. The second-order valence-electron chi connectivity index (χ2n) is 2.54. The lowest BCUT2D eigenvalue weighted by Crippen LogP contribution is -2.14. The number of halogens is 3. The van der Waals surface area contributed by atoms with Gasteiger partial charge in [0.25, 0.3) is 0 Å². The summed E-state index contributed by atoms with van der Waals surface area (Å²) in [6.45, 7) is 0. The summed E-state index contributed by atoms with van der Waals surface area (Å²) in [5.74, 6) is -0.853. The van der Waals surface area contributed by atoms with E-state index in [-0.39, 0.29) is 3.74 Å². The fraction of sp³-hybridized carbons (Fsp3) is 0.143. The van der Waals surface area contributed by atoms with Gasteiger partial charge in [0.15, 0.2) is 0 Å². The third-order valence-corrected chi connectivity index (χ3v) is 3.52. The van der Waals surface area contributed by atoms with Gasteiger partial charge in [-0.1, -0.05) is 37.9 Å². The molecule has 0 spiro atoms. The number of primary sulfonamides is 1. The van der Waals surface area contributed by atoms with Crippen LogP contribution in [-0.4, -0.2) is 8.42 Å². The first-order valence-corrected chi connectivity index (χ1v) is 6.80. The second kappa shape index (κ2) is 4.26. The average molecular weight is 347 g/mol. The number of benzene rings is 1. The van der Waals surface area contributed by atoms with Crippen molar-refractivity contribution < 1.29 is 12.8 Å². The molecule has 0 radical (unpaired) electrons. The molecule has 3 nitrogen and oxygen atoms in total. The van der Waals surface area contributed by atoms with Gasteiger partial charge < -0.3 is 0 Å². The fourth-order valence-electron chi connectivity index (χ4n) is 0.884. The molecule has 0 saturated heterocycles. The highest BCUT2D eigenvalue weighted by molar-refractivity contribution is 9.24. The number of hydrogen-bond acceptors (Lipinski definition) is 2. The van der Waals surface area contributed by atoms with Crippen LogP contribution in [0.4, 0.5) is 4.39 Å². The number of hydrogen-bond donors (Lipinski definition) is 1. The van der Waals surface area contributed by atoms with Gasteiger partial charge in [-0.15, -0.1) is 0 Å². The Balaban J connectivity index is 3.28. The van der Waals surface area contributed by atoms with Gasteiger partial charge in [0.1, 0.15) is 10.7 Å². The van der Waals surface area contributed by atoms with Crippen LogP contribution in [0.2, 0.25) is 0 Å². The summed E-state index contributed by atoms with van der Waals surface area (Å²) in [6, 6.07) is 3.71. The molecule has 0 aliphatic heterocycles. The predicted molar refractivity (Wildman–Crippen MR) is 58.4 cm³/mol. The van der Waals surface area contributed by atoms with Crippen LogP contribution in [0.25, 0.3) is 0 Å². The summed E-state index contributed by atoms with van der Waals surface area (Å²) < 4.78 is 34.7. The van der Waals surface area contributed by atoms with Crippen molar-refractivity contribution in [1.29, 1.82) is 0 Å². The minimum Gasteiger partial charge on any atom is -0.225 e. The number of alkyl halides is 2. The van der Waals surface area contributed by atoms with Crippen LogP contribution in [0, 0.1) is 5.82 Å². The van der Waals surface area contributed by atoms with Gasteiger partial charge in [-0.25, -0.2) is 17.9 Å². The van der Waals surface area contributed by atoms with Gasteiger partial charge >= 0.3 is 0 Å². The predicted octanol–water partition coefficient (Wildman–Crippen LogP) is 2.26. The standard InChI is InChI=1S/C7H6Br2FNO2S/c8-7(9)4-1-2-6(5(10)3-4)14(11,12)13/h1-3,7H,(H2,11,12,13). The Labute approximate surface area is 97.8 Å². The molecule has 0 fully saturated rings. The molecule has 78 valence electrons. The Morgan fingerprint density at radius 1 is 1.36 bits per heavy atom. The molecule has 0 aliphatic rings. The summed E-state index contributed by atoms with van der Waals surface area (Å²) >= 11 is 6.32. The van der Waals surface area contributed by atoms with Gasteiger partial charge in [-0.3, -0.25) is 0 Å². The van der Waals surface area contributed by atoms with E-state index in [1.165, 1.54) is 6.07 Å². The Morgan fingerprint density at radius 2 is 1.93 bits per heavy atom. The maximum Gasteiger partial charge on any atom is 0.240 e. The lowest BCUT2D eigenvalue weighted by atomic mass is 10.2. The van der Waals surface area contributed by atoms with Crippen LogP contribution in [0.5, 0.6) is 0 Å². The third kappa shape index (κ3) is 2.75. The molecule has 1 aromatic carbocycles. The SMILES string of the molecule is NS(=O)(=O)c1ccc(C(Br)Br)cc1F. The zero-order valence-corrected chi connectivity index (χ0v) is 10.7. The molecule has 0 amide bonds. The third-order valence-electron chi connectivity index (χ3n) is 1.51. The van der Waals surface area contributed by atoms with E-state index >= 15 is 0 Å². The summed E-state index contributed by atoms with van der Waals surface area (Å²) in [4.78, 5) is -0.498. The first kappa shape index (κ1) is 12.1. The molecule has 0 heterocycles. The van der Waals surface area contributed by atoms with Crippen molar-refractivity contribution in [3.63, 3.8) is 0 Å². The van der Waals surface area contributed by atoms with Crippen molar-refractivity contribution >= 4 is 41.9 Å². The number of sulfonamides is 1. The van der Waals surface area contributed by atoms with E-state index in [4.69, 9.17) is 5.14 Å². The van der Waals surface area contributed by atoms with Crippen molar-refractivity contribution in [2.45, 2.75) is 8.63 Å². The molecule has 1 aromatic rings. The van der Waals surface area contributed by atoms with Crippen LogP contribution in [0.3, 0.4) is 0 Å². The van der Waals surface area contributed by atoms with Crippen LogP contribution in [-0.2, 0) is 10.0 Å². The van der Waals surface area contributed by atoms with E-state index in [1.54, 1.807) is 0 Å². The monoisotopic (exact) mass is 345 g/mol. The maximum absolute atomic E-state index is 13.2. The molecule has 1 rings (SSSR count). The van der Waals surface area contributed by atoms with E-state index < -0.39 is 20.7 Å². The van der Waals surface area contributed by atoms with E-state index in [0.29, 0.717) is 5.56 Å². The summed E-state index contributed by atoms with van der Waals surface area (Å²) in [7, 11) is -3.98. The van der Waals surface area contributed by atoms with Gasteiger partial charge in [-0.2, -0.15) is 0 Å². The molecule has 0 bridgehead atoms. The Morgan fingerprint density at radius 3 is 2.29 bits per heavy atom. The zero-order valence-electron chi connectivity index (χ0n) is 6.75. The molecule has 2 N–H and O–H groups in total. The van der Waals surface area contributed by atoms with Crippen molar-refractivity contribution in [3.05, 3.63) is 29.6 Å². The molecule has 0 saturated carbocycles. The van der Waals surface area contributed by atoms with E-state index in [2.05, 4.69) is 31.9 Å². The average Bonchev–Trinajstić information content (AvgIpc) is 2.01. The highest BCUT2D eigenvalue weighted by Gasteiger charge is 2.15.